The summed E-state index contributed by atoms with van der Waals surface area (Å²) in [7, 11) is 0. The molecule has 5 heteroatoms. The van der Waals surface area contributed by atoms with Gasteiger partial charge >= 0.3 is 0 Å². The van der Waals surface area contributed by atoms with Gasteiger partial charge in [0.05, 0.1) is 6.04 Å². The highest BCUT2D eigenvalue weighted by Gasteiger charge is 2.25. The number of anilines is 1. The summed E-state index contributed by atoms with van der Waals surface area (Å²) < 4.78 is 0. The van der Waals surface area contributed by atoms with Crippen molar-refractivity contribution in [2.45, 2.75) is 32.7 Å². The topological polar surface area (TPSA) is 52.7 Å². The summed E-state index contributed by atoms with van der Waals surface area (Å²) in [4.78, 5) is 28.6. The SMILES string of the molecule is CC(=O)c1ccc(N2CCN(C(C)C(=O)NCC(C)c3ccccc3)CC2)cc1. The van der Waals surface area contributed by atoms with Crippen LogP contribution in [0.5, 0.6) is 0 Å². The van der Waals surface area contributed by atoms with Gasteiger partial charge in [0.1, 0.15) is 0 Å². The number of nitrogens with zero attached hydrogens (tertiary/aromatic N) is 2. The molecule has 1 aliphatic rings. The molecule has 0 aromatic heterocycles. The molecule has 5 nitrogen and oxygen atoms in total. The van der Waals surface area contributed by atoms with Crippen molar-refractivity contribution in [1.82, 2.24) is 10.2 Å². The first kappa shape index (κ1) is 21.1. The van der Waals surface area contributed by atoms with Crippen molar-refractivity contribution < 1.29 is 9.59 Å². The number of benzene rings is 2. The third-order valence-electron chi connectivity index (χ3n) is 5.83. The predicted octanol–water partition coefficient (Wildman–Crippen LogP) is 3.32. The summed E-state index contributed by atoms with van der Waals surface area (Å²) in [6.07, 6.45) is 0. The summed E-state index contributed by atoms with van der Waals surface area (Å²) in [5.74, 6) is 0.469. The van der Waals surface area contributed by atoms with Gasteiger partial charge in [0.25, 0.3) is 0 Å². The van der Waals surface area contributed by atoms with Gasteiger partial charge in [-0.05, 0) is 49.6 Å². The molecule has 1 amide bonds. The fourth-order valence-electron chi connectivity index (χ4n) is 3.74. The normalized spacial score (nSPS) is 16.9. The van der Waals surface area contributed by atoms with Gasteiger partial charge in [0.15, 0.2) is 5.78 Å². The van der Waals surface area contributed by atoms with Crippen molar-refractivity contribution in [3.63, 3.8) is 0 Å². The van der Waals surface area contributed by atoms with E-state index >= 15 is 0 Å². The number of hydrogen-bond acceptors (Lipinski definition) is 4. The number of nitrogens with one attached hydrogen (secondary N) is 1. The first-order chi connectivity index (χ1) is 14.0. The highest BCUT2D eigenvalue weighted by atomic mass is 16.2. The third-order valence-corrected chi connectivity index (χ3v) is 5.83. The van der Waals surface area contributed by atoms with Crippen LogP contribution in [0.2, 0.25) is 0 Å². The summed E-state index contributed by atoms with van der Waals surface area (Å²) >= 11 is 0. The van der Waals surface area contributed by atoms with E-state index < -0.39 is 0 Å². The molecule has 3 rings (SSSR count). The third kappa shape index (κ3) is 5.45. The monoisotopic (exact) mass is 393 g/mol. The molecule has 1 fully saturated rings. The molecular formula is C24H31N3O2. The zero-order chi connectivity index (χ0) is 20.8. The van der Waals surface area contributed by atoms with E-state index in [1.54, 1.807) is 6.92 Å². The maximum atomic E-state index is 12.6. The molecule has 1 aliphatic heterocycles. The van der Waals surface area contributed by atoms with E-state index in [9.17, 15) is 9.59 Å². The van der Waals surface area contributed by atoms with Crippen LogP contribution < -0.4 is 10.2 Å². The molecule has 2 aromatic carbocycles. The second-order valence-corrected chi connectivity index (χ2v) is 7.86. The maximum Gasteiger partial charge on any atom is 0.237 e. The lowest BCUT2D eigenvalue weighted by molar-refractivity contribution is -0.126. The first-order valence-corrected chi connectivity index (χ1v) is 10.4. The minimum Gasteiger partial charge on any atom is -0.369 e. The molecule has 0 saturated carbocycles. The van der Waals surface area contributed by atoms with Crippen LogP contribution >= 0.6 is 0 Å². The number of Topliss-reactive ketones (excluding diaryl/α,β-unsaturated/α-hetero) is 1. The molecule has 0 spiro atoms. The summed E-state index contributed by atoms with van der Waals surface area (Å²) in [6, 6.07) is 17.9. The lowest BCUT2D eigenvalue weighted by Gasteiger charge is -2.38. The second-order valence-electron chi connectivity index (χ2n) is 7.86. The largest absolute Gasteiger partial charge is 0.369 e. The molecular weight excluding hydrogens is 362 g/mol. The van der Waals surface area contributed by atoms with Crippen LogP contribution in [0.1, 0.15) is 42.6 Å². The fraction of sp³-hybridized carbons (Fsp3) is 0.417. The number of rotatable bonds is 7. The fourth-order valence-corrected chi connectivity index (χ4v) is 3.74. The van der Waals surface area contributed by atoms with Crippen LogP contribution in [0.4, 0.5) is 5.69 Å². The van der Waals surface area contributed by atoms with Gasteiger partial charge in [-0.25, -0.2) is 0 Å². The lowest BCUT2D eigenvalue weighted by Crippen LogP contribution is -2.54. The standard InChI is InChI=1S/C24H31N3O2/c1-18(21-7-5-4-6-8-21)17-25-24(29)19(2)26-13-15-27(16-14-26)23-11-9-22(10-12-23)20(3)28/h4-12,18-19H,13-17H2,1-3H3,(H,25,29). The molecule has 1 N–H and O–H groups in total. The average Bonchev–Trinajstić information content (AvgIpc) is 2.77. The molecule has 2 unspecified atom stereocenters. The van der Waals surface area contributed by atoms with Crippen molar-refractivity contribution in [2.24, 2.45) is 0 Å². The van der Waals surface area contributed by atoms with Gasteiger partial charge in [-0.3, -0.25) is 14.5 Å². The van der Waals surface area contributed by atoms with E-state index in [1.165, 1.54) is 5.56 Å². The number of hydrogen-bond donors (Lipinski definition) is 1. The Kier molecular flexibility index (Phi) is 7.04. The number of carbonyl (C=O) groups excluding carboxylic acids is 2. The highest BCUT2D eigenvalue weighted by Crippen LogP contribution is 2.19. The van der Waals surface area contributed by atoms with E-state index in [-0.39, 0.29) is 17.7 Å². The van der Waals surface area contributed by atoms with Crippen LogP contribution in [-0.2, 0) is 4.79 Å². The number of carbonyl (C=O) groups is 2. The van der Waals surface area contributed by atoms with Crippen molar-refractivity contribution in [3.8, 4) is 0 Å². The Morgan fingerprint density at radius 2 is 1.55 bits per heavy atom. The molecule has 0 bridgehead atoms. The molecule has 1 saturated heterocycles. The molecule has 2 atom stereocenters. The predicted molar refractivity (Wildman–Crippen MR) is 118 cm³/mol. The first-order valence-electron chi connectivity index (χ1n) is 10.4. The van der Waals surface area contributed by atoms with Crippen LogP contribution in [0, 0.1) is 0 Å². The Labute approximate surface area is 173 Å². The van der Waals surface area contributed by atoms with E-state index in [0.29, 0.717) is 12.5 Å². The summed E-state index contributed by atoms with van der Waals surface area (Å²) in [5.41, 5.74) is 3.11. The van der Waals surface area contributed by atoms with E-state index in [4.69, 9.17) is 0 Å². The van der Waals surface area contributed by atoms with Gasteiger partial charge in [-0.2, -0.15) is 0 Å². The molecule has 1 heterocycles. The highest BCUT2D eigenvalue weighted by molar-refractivity contribution is 5.94. The molecule has 0 aliphatic carbocycles. The van der Waals surface area contributed by atoms with Gasteiger partial charge in [-0.15, -0.1) is 0 Å². The molecule has 154 valence electrons. The zero-order valence-electron chi connectivity index (χ0n) is 17.6. The Balaban J connectivity index is 1.47. The lowest BCUT2D eigenvalue weighted by atomic mass is 10.0. The van der Waals surface area contributed by atoms with Gasteiger partial charge < -0.3 is 10.2 Å². The second kappa shape index (κ2) is 9.70. The van der Waals surface area contributed by atoms with Gasteiger partial charge in [0, 0.05) is 44.0 Å². The Morgan fingerprint density at radius 3 is 2.14 bits per heavy atom. The summed E-state index contributed by atoms with van der Waals surface area (Å²) in [5, 5.41) is 3.11. The van der Waals surface area contributed by atoms with Crippen LogP contribution in [-0.4, -0.2) is 55.4 Å². The Morgan fingerprint density at radius 1 is 0.931 bits per heavy atom. The number of piperazine rings is 1. The van der Waals surface area contributed by atoms with Gasteiger partial charge in [0.2, 0.25) is 5.91 Å². The van der Waals surface area contributed by atoms with Crippen LogP contribution in [0.15, 0.2) is 54.6 Å². The minimum atomic E-state index is -0.139. The van der Waals surface area contributed by atoms with Crippen molar-refractivity contribution >= 4 is 17.4 Å². The molecule has 2 aromatic rings. The van der Waals surface area contributed by atoms with E-state index in [2.05, 4.69) is 34.2 Å². The Hall–Kier alpha value is -2.66. The number of ketones is 1. The maximum absolute atomic E-state index is 12.6. The van der Waals surface area contributed by atoms with Crippen LogP contribution in [0.25, 0.3) is 0 Å². The van der Waals surface area contributed by atoms with Crippen LogP contribution in [0.3, 0.4) is 0 Å². The van der Waals surface area contributed by atoms with Crippen molar-refractivity contribution in [2.75, 3.05) is 37.6 Å². The smallest absolute Gasteiger partial charge is 0.237 e. The van der Waals surface area contributed by atoms with E-state index in [1.807, 2.05) is 49.4 Å². The Bertz CT molecular complexity index is 812. The van der Waals surface area contributed by atoms with Crippen molar-refractivity contribution in [1.29, 1.82) is 0 Å². The zero-order valence-corrected chi connectivity index (χ0v) is 17.6. The molecule has 29 heavy (non-hydrogen) atoms. The minimum absolute atomic E-state index is 0.0859. The van der Waals surface area contributed by atoms with Gasteiger partial charge in [-0.1, -0.05) is 37.3 Å². The quantitative estimate of drug-likeness (QED) is 0.733. The van der Waals surface area contributed by atoms with E-state index in [0.717, 1.165) is 37.4 Å². The molecule has 0 radical (unpaired) electrons. The number of amides is 1. The van der Waals surface area contributed by atoms with Crippen molar-refractivity contribution in [3.05, 3.63) is 65.7 Å². The average molecular weight is 394 g/mol. The summed E-state index contributed by atoms with van der Waals surface area (Å²) in [6.45, 7) is 9.79.